The molecule has 1 saturated carbocycles. The smallest absolute Gasteiger partial charge is 0.489 e. The Morgan fingerprint density at radius 1 is 0.848 bits per heavy atom. The summed E-state index contributed by atoms with van der Waals surface area (Å²) in [5, 5.41) is 2.93. The topological polar surface area (TPSA) is 87.2 Å². The van der Waals surface area contributed by atoms with Crippen molar-refractivity contribution < 1.29 is 28.5 Å². The number of nitrogens with zero attached hydrogens (tertiary/aromatic N) is 2. The van der Waals surface area contributed by atoms with Crippen molar-refractivity contribution in [1.82, 2.24) is 4.98 Å². The molecule has 0 amide bonds. The lowest BCUT2D eigenvalue weighted by Gasteiger charge is -2.22. The maximum absolute atomic E-state index is 12.5. The minimum absolute atomic E-state index is 0.325. The van der Waals surface area contributed by atoms with Gasteiger partial charge in [0.1, 0.15) is 12.4 Å². The molecule has 9 heteroatoms. The fraction of sp³-hybridized carbons (Fsp3) is 0.378. The van der Waals surface area contributed by atoms with Crippen LogP contribution in [0.15, 0.2) is 78.2 Å². The molecule has 1 aliphatic rings. The average Bonchev–Trinajstić information content (AvgIpc) is 3.55. The van der Waals surface area contributed by atoms with Crippen LogP contribution in [-0.4, -0.2) is 36.6 Å². The molecule has 1 unspecified atom stereocenters. The van der Waals surface area contributed by atoms with Gasteiger partial charge >= 0.3 is 12.1 Å². The Kier molecular flexibility index (Phi) is 11.3. The Bertz CT molecular complexity index is 1560. The third kappa shape index (κ3) is 9.33. The van der Waals surface area contributed by atoms with Gasteiger partial charge in [0.2, 0.25) is 6.29 Å². The SMILES string of the molecule is CC(C)OC(=O)OC(C)OC(=O)c1ccc(CN(C)c2nc(-c3ccc(OCc4ccc(C5CCCCC5)cc4)cc3)cs2)cc1. The maximum Gasteiger partial charge on any atom is 0.511 e. The molecule has 0 N–H and O–H groups in total. The van der Waals surface area contributed by atoms with Gasteiger partial charge < -0.3 is 23.8 Å². The number of carbonyl (C=O) groups excluding carboxylic acids is 2. The third-order valence-corrected chi connectivity index (χ3v) is 8.86. The van der Waals surface area contributed by atoms with Crippen LogP contribution in [0.4, 0.5) is 9.93 Å². The van der Waals surface area contributed by atoms with E-state index >= 15 is 0 Å². The molecule has 0 saturated heterocycles. The van der Waals surface area contributed by atoms with E-state index in [1.165, 1.54) is 50.2 Å². The zero-order valence-electron chi connectivity index (χ0n) is 26.9. The fourth-order valence-electron chi connectivity index (χ4n) is 5.47. The van der Waals surface area contributed by atoms with Crippen molar-refractivity contribution in [2.45, 2.75) is 84.3 Å². The van der Waals surface area contributed by atoms with Gasteiger partial charge in [-0.05, 0) is 85.7 Å². The number of rotatable bonds is 12. The van der Waals surface area contributed by atoms with Gasteiger partial charge in [-0.15, -0.1) is 11.3 Å². The van der Waals surface area contributed by atoms with E-state index < -0.39 is 18.4 Å². The summed E-state index contributed by atoms with van der Waals surface area (Å²) in [7, 11) is 1.98. The van der Waals surface area contributed by atoms with Crippen LogP contribution in [0.5, 0.6) is 5.75 Å². The van der Waals surface area contributed by atoms with Crippen molar-refractivity contribution in [2.24, 2.45) is 0 Å². The van der Waals surface area contributed by atoms with Crippen LogP contribution >= 0.6 is 11.3 Å². The van der Waals surface area contributed by atoms with Gasteiger partial charge in [-0.3, -0.25) is 0 Å². The zero-order valence-corrected chi connectivity index (χ0v) is 27.8. The van der Waals surface area contributed by atoms with Crippen molar-refractivity contribution in [2.75, 3.05) is 11.9 Å². The van der Waals surface area contributed by atoms with Crippen LogP contribution in [0.2, 0.25) is 0 Å². The molecule has 1 atom stereocenters. The van der Waals surface area contributed by atoms with E-state index in [0.29, 0.717) is 24.6 Å². The quantitative estimate of drug-likeness (QED) is 0.112. The lowest BCUT2D eigenvalue weighted by molar-refractivity contribution is -0.0866. The predicted octanol–water partition coefficient (Wildman–Crippen LogP) is 9.14. The number of aromatic nitrogens is 1. The van der Waals surface area contributed by atoms with Crippen molar-refractivity contribution in [3.63, 3.8) is 0 Å². The standard InChI is InChI=1S/C37H42N2O6S/c1-25(2)43-37(41)45-26(3)44-35(40)32-16-10-27(11-17-32)22-39(4)36-38-34(24-46-36)31-18-20-33(21-19-31)42-23-28-12-14-30(15-13-28)29-8-6-5-7-9-29/h10-21,24-26,29H,5-9,22-23H2,1-4H3. The first kappa shape index (κ1) is 33.0. The monoisotopic (exact) mass is 642 g/mol. The van der Waals surface area contributed by atoms with E-state index in [1.54, 1.807) is 37.3 Å². The Hall–Kier alpha value is -4.37. The van der Waals surface area contributed by atoms with E-state index in [9.17, 15) is 9.59 Å². The summed E-state index contributed by atoms with van der Waals surface area (Å²) < 4.78 is 21.1. The summed E-state index contributed by atoms with van der Waals surface area (Å²) in [6.45, 7) is 6.02. The summed E-state index contributed by atoms with van der Waals surface area (Å²) in [6, 6.07) is 24.1. The van der Waals surface area contributed by atoms with Gasteiger partial charge in [-0.1, -0.05) is 55.7 Å². The highest BCUT2D eigenvalue weighted by molar-refractivity contribution is 7.14. The molecule has 0 aliphatic heterocycles. The largest absolute Gasteiger partial charge is 0.511 e. The number of thiazole rings is 1. The molecule has 4 aromatic rings. The molecule has 0 spiro atoms. The normalized spacial score (nSPS) is 14.0. The maximum atomic E-state index is 12.5. The molecule has 46 heavy (non-hydrogen) atoms. The van der Waals surface area contributed by atoms with Crippen LogP contribution in [-0.2, 0) is 27.4 Å². The van der Waals surface area contributed by atoms with E-state index in [-0.39, 0.29) is 6.10 Å². The highest BCUT2D eigenvalue weighted by atomic mass is 32.1. The molecular weight excluding hydrogens is 600 g/mol. The molecule has 0 radical (unpaired) electrons. The second-order valence-corrected chi connectivity index (χ2v) is 12.8. The summed E-state index contributed by atoms with van der Waals surface area (Å²) in [4.78, 5) is 31.0. The highest BCUT2D eigenvalue weighted by Crippen LogP contribution is 2.33. The van der Waals surface area contributed by atoms with Gasteiger partial charge in [-0.25, -0.2) is 14.6 Å². The minimum Gasteiger partial charge on any atom is -0.489 e. The van der Waals surface area contributed by atoms with Gasteiger partial charge in [0, 0.05) is 31.5 Å². The van der Waals surface area contributed by atoms with Crippen LogP contribution in [0.1, 0.15) is 85.8 Å². The van der Waals surface area contributed by atoms with Crippen LogP contribution < -0.4 is 9.64 Å². The van der Waals surface area contributed by atoms with Gasteiger partial charge in [0.05, 0.1) is 17.4 Å². The number of hydrogen-bond acceptors (Lipinski definition) is 9. The molecule has 1 heterocycles. The number of anilines is 1. The minimum atomic E-state index is -1.07. The van der Waals surface area contributed by atoms with E-state index in [2.05, 4.69) is 34.5 Å². The zero-order chi connectivity index (χ0) is 32.5. The second kappa shape index (κ2) is 15.8. The summed E-state index contributed by atoms with van der Waals surface area (Å²) in [5.41, 5.74) is 5.93. The molecule has 242 valence electrons. The first-order chi connectivity index (χ1) is 22.2. The first-order valence-corrected chi connectivity index (χ1v) is 16.8. The predicted molar refractivity (Wildman–Crippen MR) is 180 cm³/mol. The van der Waals surface area contributed by atoms with Crippen LogP contribution in [0.3, 0.4) is 0 Å². The van der Waals surface area contributed by atoms with E-state index in [0.717, 1.165) is 27.7 Å². The van der Waals surface area contributed by atoms with Crippen LogP contribution in [0, 0.1) is 0 Å². The summed E-state index contributed by atoms with van der Waals surface area (Å²) >= 11 is 1.58. The molecular formula is C37H42N2O6S. The Morgan fingerprint density at radius 2 is 1.52 bits per heavy atom. The number of carbonyl (C=O) groups is 2. The highest BCUT2D eigenvalue weighted by Gasteiger charge is 2.18. The molecule has 1 aromatic heterocycles. The Balaban J connectivity index is 1.09. The molecule has 1 aliphatic carbocycles. The molecule has 8 nitrogen and oxygen atoms in total. The lowest BCUT2D eigenvalue weighted by atomic mass is 9.84. The van der Waals surface area contributed by atoms with E-state index in [4.69, 9.17) is 23.9 Å². The van der Waals surface area contributed by atoms with Gasteiger partial charge in [0.25, 0.3) is 0 Å². The van der Waals surface area contributed by atoms with Crippen molar-refractivity contribution in [3.05, 3.63) is 100 Å². The Labute approximate surface area is 275 Å². The first-order valence-electron chi connectivity index (χ1n) is 15.9. The van der Waals surface area contributed by atoms with Crippen molar-refractivity contribution in [3.8, 4) is 17.0 Å². The molecule has 5 rings (SSSR count). The van der Waals surface area contributed by atoms with E-state index in [1.807, 2.05) is 43.4 Å². The van der Waals surface area contributed by atoms with Crippen LogP contribution in [0.25, 0.3) is 11.3 Å². The Morgan fingerprint density at radius 3 is 2.20 bits per heavy atom. The average molecular weight is 643 g/mol. The lowest BCUT2D eigenvalue weighted by Crippen LogP contribution is -2.24. The second-order valence-electron chi connectivity index (χ2n) is 12.0. The molecule has 3 aromatic carbocycles. The summed E-state index contributed by atoms with van der Waals surface area (Å²) in [6.07, 6.45) is 4.41. The number of ether oxygens (including phenoxy) is 4. The van der Waals surface area contributed by atoms with Crippen molar-refractivity contribution >= 4 is 28.6 Å². The van der Waals surface area contributed by atoms with Crippen molar-refractivity contribution in [1.29, 1.82) is 0 Å². The summed E-state index contributed by atoms with van der Waals surface area (Å²) in [5.74, 6) is 0.956. The number of hydrogen-bond donors (Lipinski definition) is 0. The fourth-order valence-corrected chi connectivity index (χ4v) is 6.27. The third-order valence-electron chi connectivity index (χ3n) is 7.91. The molecule has 1 fully saturated rings. The number of esters is 1. The molecule has 0 bridgehead atoms. The van der Waals surface area contributed by atoms with Gasteiger partial charge in [0.15, 0.2) is 5.13 Å². The van der Waals surface area contributed by atoms with Gasteiger partial charge in [-0.2, -0.15) is 0 Å². The number of benzene rings is 3.